The van der Waals surface area contributed by atoms with Gasteiger partial charge in [-0.1, -0.05) is 65.2 Å². The molecule has 11 nitrogen and oxygen atoms in total. The van der Waals surface area contributed by atoms with Crippen molar-refractivity contribution in [3.8, 4) is 0 Å². The van der Waals surface area contributed by atoms with Gasteiger partial charge in [-0.2, -0.15) is 5.01 Å². The highest BCUT2D eigenvalue weighted by molar-refractivity contribution is 6.18. The zero-order valence-electron chi connectivity index (χ0n) is 21.1. The van der Waals surface area contributed by atoms with Gasteiger partial charge in [0.05, 0.1) is 18.4 Å². The highest BCUT2D eigenvalue weighted by Crippen LogP contribution is 2.35. The Bertz CT molecular complexity index is 605. The van der Waals surface area contributed by atoms with Crippen LogP contribution in [0.1, 0.15) is 78.1 Å². The quantitative estimate of drug-likeness (QED) is 0.0700. The van der Waals surface area contributed by atoms with Crippen LogP contribution in [-0.2, 0) is 9.47 Å². The highest BCUT2D eigenvalue weighted by Gasteiger charge is 2.60. The Kier molecular flexibility index (Phi) is 15.9. The molecule has 0 aliphatic carbocycles. The first-order valence-electron chi connectivity index (χ1n) is 12.8. The van der Waals surface area contributed by atoms with Gasteiger partial charge in [-0.15, -0.1) is 16.5 Å². The fraction of sp³-hybridized carbons (Fsp3) is 0.957. The van der Waals surface area contributed by atoms with Gasteiger partial charge in [0.1, 0.15) is 18.3 Å². The standard InChI is InChI=1S/C23H44ClN3O8/c1-3-5-7-8-9-10-11-12-14-26(22(31)27(25-33)15-13-24)23(32)20(30)19(29)18(17-28)35-21(23)34-16-6-4-2/h18-21,28-30,32H,3-17H2,1-2H3/t18-,19-,20+,21+,23+/m1/s1. The number of aliphatic hydroxyl groups excluding tert-OH is 3. The van der Waals surface area contributed by atoms with Crippen molar-refractivity contribution in [2.24, 2.45) is 5.29 Å². The zero-order chi connectivity index (χ0) is 26.3. The van der Waals surface area contributed by atoms with E-state index in [1.165, 1.54) is 12.8 Å². The summed E-state index contributed by atoms with van der Waals surface area (Å²) in [6.45, 7) is 3.32. The van der Waals surface area contributed by atoms with Crippen molar-refractivity contribution in [1.82, 2.24) is 9.91 Å². The van der Waals surface area contributed by atoms with Crippen LogP contribution in [0.3, 0.4) is 0 Å². The number of hydrogen-bond donors (Lipinski definition) is 4. The Balaban J connectivity index is 3.13. The Morgan fingerprint density at radius 1 is 1.03 bits per heavy atom. The largest absolute Gasteiger partial charge is 0.394 e. The highest BCUT2D eigenvalue weighted by atomic mass is 35.5. The number of aliphatic hydroxyl groups is 4. The van der Waals surface area contributed by atoms with Gasteiger partial charge < -0.3 is 29.9 Å². The molecule has 1 rings (SSSR count). The lowest BCUT2D eigenvalue weighted by Crippen LogP contribution is -2.75. The van der Waals surface area contributed by atoms with E-state index in [2.05, 4.69) is 12.2 Å². The van der Waals surface area contributed by atoms with Gasteiger partial charge >= 0.3 is 6.03 Å². The predicted octanol–water partition coefficient (Wildman–Crippen LogP) is 2.72. The van der Waals surface area contributed by atoms with E-state index in [0.717, 1.165) is 43.4 Å². The van der Waals surface area contributed by atoms with Crippen LogP contribution in [0.15, 0.2) is 5.29 Å². The fourth-order valence-electron chi connectivity index (χ4n) is 4.09. The molecule has 206 valence electrons. The summed E-state index contributed by atoms with van der Waals surface area (Å²) in [6.07, 6.45) is 2.73. The minimum Gasteiger partial charge on any atom is -0.394 e. The number of halogens is 1. The molecule has 1 aliphatic heterocycles. The van der Waals surface area contributed by atoms with Crippen LogP contribution in [0.25, 0.3) is 0 Å². The first kappa shape index (κ1) is 31.9. The summed E-state index contributed by atoms with van der Waals surface area (Å²) >= 11 is 5.70. The molecule has 5 atom stereocenters. The second-order valence-corrected chi connectivity index (χ2v) is 9.31. The fourth-order valence-corrected chi connectivity index (χ4v) is 4.25. The second kappa shape index (κ2) is 17.4. The molecule has 0 aromatic carbocycles. The molecule has 1 heterocycles. The van der Waals surface area contributed by atoms with E-state index in [0.29, 0.717) is 17.9 Å². The smallest absolute Gasteiger partial charge is 0.345 e. The van der Waals surface area contributed by atoms with Crippen LogP contribution < -0.4 is 0 Å². The van der Waals surface area contributed by atoms with E-state index in [4.69, 9.17) is 21.1 Å². The number of carbonyl (C=O) groups excluding carboxylic acids is 1. The van der Waals surface area contributed by atoms with Crippen molar-refractivity contribution in [3.05, 3.63) is 4.91 Å². The zero-order valence-corrected chi connectivity index (χ0v) is 21.8. The number of urea groups is 1. The molecular weight excluding hydrogens is 482 g/mol. The maximum atomic E-state index is 13.3. The number of nitrogens with zero attached hydrogens (tertiary/aromatic N) is 3. The second-order valence-electron chi connectivity index (χ2n) is 8.93. The normalized spacial score (nSPS) is 26.5. The van der Waals surface area contributed by atoms with E-state index in [1.807, 2.05) is 6.92 Å². The molecule has 0 radical (unpaired) electrons. The van der Waals surface area contributed by atoms with Crippen molar-refractivity contribution in [3.63, 3.8) is 0 Å². The average Bonchev–Trinajstić information content (AvgIpc) is 2.86. The van der Waals surface area contributed by atoms with Crippen molar-refractivity contribution in [2.75, 3.05) is 32.2 Å². The van der Waals surface area contributed by atoms with Crippen LogP contribution in [-0.4, -0.2) is 98.9 Å². The Hall–Kier alpha value is -1.08. The number of rotatable bonds is 18. The lowest BCUT2D eigenvalue weighted by molar-refractivity contribution is -0.373. The number of alkyl halides is 1. The SMILES string of the molecule is CCCCCCCCCCN(C(=O)N(CCCl)N=O)[C@@]1(O)[C@@H](OCCCC)O[C@H](CO)[C@@H](O)[C@@H]1O. The van der Waals surface area contributed by atoms with Crippen LogP contribution in [0.2, 0.25) is 0 Å². The first-order chi connectivity index (χ1) is 16.8. The molecule has 1 fully saturated rings. The van der Waals surface area contributed by atoms with E-state index < -0.39 is 43.0 Å². The molecule has 1 aliphatic rings. The minimum absolute atomic E-state index is 0.0524. The first-order valence-corrected chi connectivity index (χ1v) is 13.3. The number of unbranched alkanes of at least 4 members (excludes halogenated alkanes) is 8. The maximum absolute atomic E-state index is 13.3. The summed E-state index contributed by atoms with van der Waals surface area (Å²) in [6, 6.07) is -0.993. The molecule has 35 heavy (non-hydrogen) atoms. The van der Waals surface area contributed by atoms with Gasteiger partial charge in [-0.25, -0.2) is 4.79 Å². The van der Waals surface area contributed by atoms with Gasteiger partial charge in [0.25, 0.3) is 0 Å². The summed E-state index contributed by atoms with van der Waals surface area (Å²) in [4.78, 5) is 25.5. The van der Waals surface area contributed by atoms with E-state index in [1.54, 1.807) is 0 Å². The van der Waals surface area contributed by atoms with Gasteiger partial charge in [-0.05, 0) is 12.8 Å². The lowest BCUT2D eigenvalue weighted by atomic mass is 9.91. The van der Waals surface area contributed by atoms with Crippen LogP contribution in [0.4, 0.5) is 4.79 Å². The van der Waals surface area contributed by atoms with Crippen molar-refractivity contribution in [1.29, 1.82) is 0 Å². The van der Waals surface area contributed by atoms with Crippen LogP contribution in [0, 0.1) is 4.91 Å². The van der Waals surface area contributed by atoms with Gasteiger partial charge in [0.2, 0.25) is 12.0 Å². The summed E-state index contributed by atoms with van der Waals surface area (Å²) in [7, 11) is 0. The van der Waals surface area contributed by atoms with E-state index in [-0.39, 0.29) is 25.6 Å². The van der Waals surface area contributed by atoms with E-state index >= 15 is 0 Å². The number of nitroso groups, excluding NO2 is 1. The molecule has 0 aromatic rings. The molecule has 2 amide bonds. The molecule has 1 saturated heterocycles. The minimum atomic E-state index is -2.54. The monoisotopic (exact) mass is 525 g/mol. The Labute approximate surface area is 213 Å². The summed E-state index contributed by atoms with van der Waals surface area (Å²) in [5.74, 6) is -0.0772. The Morgan fingerprint density at radius 2 is 1.63 bits per heavy atom. The van der Waals surface area contributed by atoms with E-state index in [9.17, 15) is 30.1 Å². The number of ether oxygens (including phenoxy) is 2. The number of hydrogen-bond acceptors (Lipinski definition) is 9. The average molecular weight is 526 g/mol. The molecule has 4 N–H and O–H groups in total. The van der Waals surface area contributed by atoms with Crippen molar-refractivity contribution < 1.29 is 34.7 Å². The molecule has 12 heteroatoms. The number of carbonyl (C=O) groups is 1. The Morgan fingerprint density at radius 3 is 2.17 bits per heavy atom. The molecule has 0 aromatic heterocycles. The predicted molar refractivity (Wildman–Crippen MR) is 132 cm³/mol. The van der Waals surface area contributed by atoms with Gasteiger partial charge in [0, 0.05) is 19.0 Å². The third kappa shape index (κ3) is 9.07. The summed E-state index contributed by atoms with van der Waals surface area (Å²) in [5.41, 5.74) is -2.54. The summed E-state index contributed by atoms with van der Waals surface area (Å²) < 4.78 is 11.3. The molecule has 0 unspecified atom stereocenters. The lowest BCUT2D eigenvalue weighted by Gasteiger charge is -2.52. The van der Waals surface area contributed by atoms with Crippen molar-refractivity contribution >= 4 is 17.6 Å². The topological polar surface area (TPSA) is 152 Å². The molecule has 0 spiro atoms. The summed E-state index contributed by atoms with van der Waals surface area (Å²) in [5, 5.41) is 46.0. The third-order valence-electron chi connectivity index (χ3n) is 6.25. The molecular formula is C23H44ClN3O8. The van der Waals surface area contributed by atoms with Gasteiger partial charge in [0.15, 0.2) is 0 Å². The van der Waals surface area contributed by atoms with Crippen LogP contribution in [0.5, 0.6) is 0 Å². The van der Waals surface area contributed by atoms with Crippen molar-refractivity contribution in [2.45, 2.75) is 108 Å². The molecule has 0 saturated carbocycles. The number of amides is 2. The maximum Gasteiger partial charge on any atom is 0.345 e. The third-order valence-corrected chi connectivity index (χ3v) is 6.42. The molecule has 0 bridgehead atoms. The van der Waals surface area contributed by atoms with Gasteiger partial charge in [-0.3, -0.25) is 4.90 Å². The van der Waals surface area contributed by atoms with Crippen LogP contribution >= 0.6 is 11.6 Å².